The number of nitrogens with one attached hydrogen (secondary N) is 1. The van der Waals surface area contributed by atoms with Crippen LogP contribution in [0.1, 0.15) is 25.0 Å². The van der Waals surface area contributed by atoms with Crippen LogP contribution in [0.5, 0.6) is 0 Å². The number of halogens is 2. The smallest absolute Gasteiger partial charge is 0.0446 e. The molecule has 0 aliphatic heterocycles. The molecule has 2 rings (SSSR count). The van der Waals surface area contributed by atoms with Crippen LogP contribution in [0.2, 0.25) is 5.02 Å². The highest BCUT2D eigenvalue weighted by Gasteiger charge is 2.05. The fourth-order valence-electron chi connectivity index (χ4n) is 1.86. The molecule has 2 aromatic carbocycles. The van der Waals surface area contributed by atoms with Crippen molar-refractivity contribution in [3.63, 3.8) is 0 Å². The van der Waals surface area contributed by atoms with Crippen LogP contribution in [0.3, 0.4) is 0 Å². The van der Waals surface area contributed by atoms with Gasteiger partial charge in [0.05, 0.1) is 0 Å². The molecule has 0 radical (unpaired) electrons. The van der Waals surface area contributed by atoms with E-state index in [2.05, 4.69) is 59.4 Å². The lowest BCUT2D eigenvalue weighted by molar-refractivity contribution is 0.588. The van der Waals surface area contributed by atoms with Gasteiger partial charge in [0.2, 0.25) is 0 Å². The van der Waals surface area contributed by atoms with Crippen molar-refractivity contribution in [1.29, 1.82) is 0 Å². The third-order valence-electron chi connectivity index (χ3n) is 3.05. The van der Waals surface area contributed by atoms with Crippen LogP contribution in [0, 0.1) is 0 Å². The monoisotopic (exact) mass is 383 g/mol. The summed E-state index contributed by atoms with van der Waals surface area (Å²) in [6, 6.07) is 15.0. The zero-order chi connectivity index (χ0) is 15.2. The summed E-state index contributed by atoms with van der Waals surface area (Å²) in [5, 5.41) is 4.26. The average molecular weight is 385 g/mol. The Morgan fingerprint density at radius 1 is 1.19 bits per heavy atom. The minimum absolute atomic E-state index is 0.498. The second-order valence-electron chi connectivity index (χ2n) is 5.18. The molecule has 112 valence electrons. The highest BCUT2D eigenvalue weighted by Crippen LogP contribution is 2.32. The van der Waals surface area contributed by atoms with Gasteiger partial charge in [-0.2, -0.15) is 0 Å². The molecule has 0 bridgehead atoms. The van der Waals surface area contributed by atoms with Gasteiger partial charge in [0, 0.05) is 32.7 Å². The number of rotatable bonds is 6. The molecule has 0 amide bonds. The lowest BCUT2D eigenvalue weighted by atomic mass is 10.2. The van der Waals surface area contributed by atoms with E-state index in [1.807, 2.05) is 18.2 Å². The second-order valence-corrected chi connectivity index (χ2v) is 7.46. The van der Waals surface area contributed by atoms with Crippen LogP contribution in [-0.2, 0) is 12.3 Å². The molecule has 0 saturated carbocycles. The van der Waals surface area contributed by atoms with E-state index >= 15 is 0 Å². The Labute approximate surface area is 144 Å². The molecule has 2 aromatic rings. The molecule has 0 fully saturated rings. The van der Waals surface area contributed by atoms with Crippen molar-refractivity contribution in [3.8, 4) is 0 Å². The fourth-order valence-corrected chi connectivity index (χ4v) is 3.84. The van der Waals surface area contributed by atoms with Gasteiger partial charge in [-0.25, -0.2) is 0 Å². The summed E-state index contributed by atoms with van der Waals surface area (Å²) in [4.78, 5) is 1.24. The minimum Gasteiger partial charge on any atom is -0.310 e. The zero-order valence-electron chi connectivity index (χ0n) is 12.2. The van der Waals surface area contributed by atoms with Gasteiger partial charge in [0.15, 0.2) is 0 Å². The van der Waals surface area contributed by atoms with Gasteiger partial charge in [-0.3, -0.25) is 0 Å². The molecule has 0 saturated heterocycles. The molecule has 0 heterocycles. The second kappa shape index (κ2) is 8.23. The Bertz CT molecular complexity index is 601. The predicted octanol–water partition coefficient (Wildman–Crippen LogP) is 5.89. The number of hydrogen-bond donors (Lipinski definition) is 1. The highest BCUT2D eigenvalue weighted by atomic mass is 79.9. The van der Waals surface area contributed by atoms with Gasteiger partial charge in [-0.1, -0.05) is 49.7 Å². The topological polar surface area (TPSA) is 12.0 Å². The van der Waals surface area contributed by atoms with Crippen LogP contribution < -0.4 is 5.32 Å². The Hall–Kier alpha value is -0.480. The Kier molecular flexibility index (Phi) is 6.62. The maximum Gasteiger partial charge on any atom is 0.0446 e. The van der Waals surface area contributed by atoms with Gasteiger partial charge in [-0.05, 0) is 45.3 Å². The molecule has 0 aliphatic rings. The van der Waals surface area contributed by atoms with Crippen molar-refractivity contribution >= 4 is 39.3 Å². The first-order valence-corrected chi connectivity index (χ1v) is 9.10. The summed E-state index contributed by atoms with van der Waals surface area (Å²) in [7, 11) is 0. The Balaban J connectivity index is 1.99. The largest absolute Gasteiger partial charge is 0.310 e. The molecule has 0 spiro atoms. The van der Waals surface area contributed by atoms with E-state index in [1.165, 1.54) is 16.0 Å². The van der Waals surface area contributed by atoms with Gasteiger partial charge in [-0.15, -0.1) is 11.8 Å². The van der Waals surface area contributed by atoms with E-state index in [0.717, 1.165) is 21.8 Å². The summed E-state index contributed by atoms with van der Waals surface area (Å²) >= 11 is 11.7. The molecule has 4 heteroatoms. The molecular weight excluding hydrogens is 366 g/mol. The van der Waals surface area contributed by atoms with Crippen molar-refractivity contribution in [2.24, 2.45) is 0 Å². The molecule has 0 unspecified atom stereocenters. The normalized spacial score (nSPS) is 11.1. The van der Waals surface area contributed by atoms with E-state index in [4.69, 9.17) is 11.6 Å². The number of thioether (sulfide) groups is 1. The van der Waals surface area contributed by atoms with Crippen LogP contribution >= 0.6 is 39.3 Å². The maximum absolute atomic E-state index is 6.19. The maximum atomic E-state index is 6.19. The third kappa shape index (κ3) is 5.33. The summed E-state index contributed by atoms with van der Waals surface area (Å²) in [5.74, 6) is 0.877. The lowest BCUT2D eigenvalue weighted by Gasteiger charge is -2.11. The van der Waals surface area contributed by atoms with Crippen molar-refractivity contribution in [2.45, 2.75) is 37.1 Å². The first kappa shape index (κ1) is 16.9. The summed E-state index contributed by atoms with van der Waals surface area (Å²) in [6.45, 7) is 5.21. The van der Waals surface area contributed by atoms with Crippen LogP contribution in [0.25, 0.3) is 0 Å². The fraction of sp³-hybridized carbons (Fsp3) is 0.294. The lowest BCUT2D eigenvalue weighted by Crippen LogP contribution is -2.21. The molecule has 0 aromatic heterocycles. The SMILES string of the molecule is CC(C)NCc1ccc(SCc2ccccc2Cl)c(Br)c1. The van der Waals surface area contributed by atoms with Crippen molar-refractivity contribution < 1.29 is 0 Å². The van der Waals surface area contributed by atoms with Gasteiger partial charge in [0.1, 0.15) is 0 Å². The van der Waals surface area contributed by atoms with Crippen LogP contribution in [0.4, 0.5) is 0 Å². The van der Waals surface area contributed by atoms with E-state index in [0.29, 0.717) is 6.04 Å². The first-order chi connectivity index (χ1) is 10.1. The Morgan fingerprint density at radius 2 is 1.95 bits per heavy atom. The summed E-state index contributed by atoms with van der Waals surface area (Å²) in [5.41, 5.74) is 2.46. The van der Waals surface area contributed by atoms with E-state index in [-0.39, 0.29) is 0 Å². The van der Waals surface area contributed by atoms with Crippen molar-refractivity contribution in [2.75, 3.05) is 0 Å². The molecule has 0 atom stereocenters. The van der Waals surface area contributed by atoms with Gasteiger partial charge in [0.25, 0.3) is 0 Å². The average Bonchev–Trinajstić information content (AvgIpc) is 2.45. The van der Waals surface area contributed by atoms with Crippen molar-refractivity contribution in [3.05, 3.63) is 63.1 Å². The van der Waals surface area contributed by atoms with Crippen LogP contribution in [-0.4, -0.2) is 6.04 Å². The zero-order valence-corrected chi connectivity index (χ0v) is 15.4. The first-order valence-electron chi connectivity index (χ1n) is 6.94. The molecule has 21 heavy (non-hydrogen) atoms. The van der Waals surface area contributed by atoms with Crippen molar-refractivity contribution in [1.82, 2.24) is 5.32 Å². The number of benzene rings is 2. The van der Waals surface area contributed by atoms with Gasteiger partial charge < -0.3 is 5.32 Å². The minimum atomic E-state index is 0.498. The summed E-state index contributed by atoms with van der Waals surface area (Å²) < 4.78 is 1.14. The quantitative estimate of drug-likeness (QED) is 0.623. The van der Waals surface area contributed by atoms with E-state index < -0.39 is 0 Å². The van der Waals surface area contributed by atoms with Gasteiger partial charge >= 0.3 is 0 Å². The molecule has 1 nitrogen and oxygen atoms in total. The molecule has 0 aliphatic carbocycles. The summed E-state index contributed by atoms with van der Waals surface area (Å²) in [6.07, 6.45) is 0. The van der Waals surface area contributed by atoms with Crippen LogP contribution in [0.15, 0.2) is 51.8 Å². The predicted molar refractivity (Wildman–Crippen MR) is 97.1 cm³/mol. The Morgan fingerprint density at radius 3 is 2.62 bits per heavy atom. The number of hydrogen-bond acceptors (Lipinski definition) is 2. The van der Waals surface area contributed by atoms with E-state index in [1.54, 1.807) is 11.8 Å². The standard InChI is InChI=1S/C17H19BrClNS/c1-12(2)20-10-13-7-8-17(15(18)9-13)21-11-14-5-3-4-6-16(14)19/h3-9,12,20H,10-11H2,1-2H3. The molecule has 1 N–H and O–H groups in total. The van der Waals surface area contributed by atoms with E-state index in [9.17, 15) is 0 Å². The highest BCUT2D eigenvalue weighted by molar-refractivity contribution is 9.10. The molecular formula is C17H19BrClNS. The third-order valence-corrected chi connectivity index (χ3v) is 5.46.